The summed E-state index contributed by atoms with van der Waals surface area (Å²) in [5.41, 5.74) is 7.33. The monoisotopic (exact) mass is 333 g/mol. The molecule has 2 rings (SSSR count). The minimum absolute atomic E-state index is 0.0122. The summed E-state index contributed by atoms with van der Waals surface area (Å²) in [5.74, 6) is 1.19. The largest absolute Gasteiger partial charge is 0.397 e. The minimum Gasteiger partial charge on any atom is -0.397 e. The van der Waals surface area contributed by atoms with Crippen LogP contribution in [-0.2, 0) is 9.84 Å². The Balaban J connectivity index is 2.30. The van der Waals surface area contributed by atoms with Crippen LogP contribution in [0.1, 0.15) is 12.0 Å². The fourth-order valence-corrected chi connectivity index (χ4v) is 4.46. The number of sulfone groups is 1. The van der Waals surface area contributed by atoms with Crippen LogP contribution in [0.15, 0.2) is 10.7 Å². The predicted molar refractivity (Wildman–Crippen MR) is 76.5 cm³/mol. The molecular formula is C11H16BrN3O2S. The van der Waals surface area contributed by atoms with Gasteiger partial charge in [-0.05, 0) is 34.8 Å². The first kappa shape index (κ1) is 13.6. The molecule has 0 aliphatic carbocycles. The van der Waals surface area contributed by atoms with Crippen molar-refractivity contribution in [1.82, 2.24) is 4.98 Å². The first-order valence-electron chi connectivity index (χ1n) is 5.65. The highest BCUT2D eigenvalue weighted by Crippen LogP contribution is 2.32. The Bertz CT molecular complexity index is 574. The van der Waals surface area contributed by atoms with E-state index < -0.39 is 9.84 Å². The van der Waals surface area contributed by atoms with Gasteiger partial charge in [0, 0.05) is 13.1 Å². The van der Waals surface area contributed by atoms with Crippen molar-refractivity contribution >= 4 is 37.3 Å². The Morgan fingerprint density at radius 3 is 2.78 bits per heavy atom. The molecule has 0 spiro atoms. The predicted octanol–water partition coefficient (Wildman–Crippen LogP) is 1.36. The minimum atomic E-state index is -2.89. The van der Waals surface area contributed by atoms with Crippen molar-refractivity contribution in [1.29, 1.82) is 0 Å². The number of halogens is 1. The zero-order valence-electron chi connectivity index (χ0n) is 10.4. The SMILES string of the molecule is Cc1c(N)cnc(N(C)C2CCS(=O)(=O)C2)c1Br. The number of rotatable bonds is 2. The molecular weight excluding hydrogens is 318 g/mol. The second-order valence-corrected chi connectivity index (χ2v) is 7.67. The van der Waals surface area contributed by atoms with Crippen molar-refractivity contribution < 1.29 is 8.42 Å². The van der Waals surface area contributed by atoms with Crippen LogP contribution in [0, 0.1) is 6.92 Å². The van der Waals surface area contributed by atoms with Gasteiger partial charge in [-0.1, -0.05) is 0 Å². The fraction of sp³-hybridized carbons (Fsp3) is 0.545. The molecule has 18 heavy (non-hydrogen) atoms. The number of nitrogens with two attached hydrogens (primary N) is 1. The van der Waals surface area contributed by atoms with Crippen molar-refractivity contribution in [3.8, 4) is 0 Å². The molecule has 2 heterocycles. The molecule has 5 nitrogen and oxygen atoms in total. The first-order chi connectivity index (χ1) is 8.32. The lowest BCUT2D eigenvalue weighted by Crippen LogP contribution is -2.33. The molecule has 7 heteroatoms. The summed E-state index contributed by atoms with van der Waals surface area (Å²) in [6, 6.07) is -0.0122. The molecule has 100 valence electrons. The number of nitrogens with zero attached hydrogens (tertiary/aromatic N) is 2. The van der Waals surface area contributed by atoms with Crippen molar-refractivity contribution in [3.63, 3.8) is 0 Å². The average molecular weight is 334 g/mol. The maximum absolute atomic E-state index is 11.5. The van der Waals surface area contributed by atoms with Crippen LogP contribution >= 0.6 is 15.9 Å². The lowest BCUT2D eigenvalue weighted by molar-refractivity contribution is 0.600. The van der Waals surface area contributed by atoms with Gasteiger partial charge in [0.15, 0.2) is 9.84 Å². The highest BCUT2D eigenvalue weighted by molar-refractivity contribution is 9.10. The second-order valence-electron chi connectivity index (χ2n) is 4.64. The van der Waals surface area contributed by atoms with E-state index in [4.69, 9.17) is 5.73 Å². The third-order valence-electron chi connectivity index (χ3n) is 3.37. The third kappa shape index (κ3) is 2.47. The van der Waals surface area contributed by atoms with Gasteiger partial charge in [0.2, 0.25) is 0 Å². The molecule has 1 aromatic heterocycles. The summed E-state index contributed by atoms with van der Waals surface area (Å²) in [4.78, 5) is 6.21. The van der Waals surface area contributed by atoms with E-state index in [0.29, 0.717) is 12.1 Å². The van der Waals surface area contributed by atoms with E-state index >= 15 is 0 Å². The van der Waals surface area contributed by atoms with Gasteiger partial charge in [-0.3, -0.25) is 0 Å². The Morgan fingerprint density at radius 1 is 1.56 bits per heavy atom. The van der Waals surface area contributed by atoms with Crippen molar-refractivity contribution in [2.45, 2.75) is 19.4 Å². The molecule has 0 amide bonds. The maximum Gasteiger partial charge on any atom is 0.152 e. The molecule has 1 saturated heterocycles. The van der Waals surface area contributed by atoms with Gasteiger partial charge in [0.25, 0.3) is 0 Å². The molecule has 0 bridgehead atoms. The molecule has 1 aliphatic heterocycles. The van der Waals surface area contributed by atoms with Crippen LogP contribution in [0.2, 0.25) is 0 Å². The van der Waals surface area contributed by atoms with Gasteiger partial charge < -0.3 is 10.6 Å². The number of hydrogen-bond acceptors (Lipinski definition) is 5. The Morgan fingerprint density at radius 2 is 2.22 bits per heavy atom. The number of pyridine rings is 1. The smallest absolute Gasteiger partial charge is 0.152 e. The number of hydrogen-bond donors (Lipinski definition) is 1. The van der Waals surface area contributed by atoms with Crippen molar-refractivity contribution in [2.24, 2.45) is 0 Å². The molecule has 1 aliphatic rings. The third-order valence-corrected chi connectivity index (χ3v) is 6.07. The van der Waals surface area contributed by atoms with Crippen molar-refractivity contribution in [3.05, 3.63) is 16.2 Å². The first-order valence-corrected chi connectivity index (χ1v) is 8.27. The van der Waals surface area contributed by atoms with Crippen LogP contribution in [0.5, 0.6) is 0 Å². The Kier molecular flexibility index (Phi) is 3.55. The van der Waals surface area contributed by atoms with E-state index in [-0.39, 0.29) is 17.5 Å². The van der Waals surface area contributed by atoms with Gasteiger partial charge >= 0.3 is 0 Å². The number of anilines is 2. The van der Waals surface area contributed by atoms with Crippen LogP contribution in [0.3, 0.4) is 0 Å². The lowest BCUT2D eigenvalue weighted by Gasteiger charge is -2.26. The van der Waals surface area contributed by atoms with Crippen LogP contribution < -0.4 is 10.6 Å². The molecule has 0 saturated carbocycles. The zero-order chi connectivity index (χ0) is 13.5. The summed E-state index contributed by atoms with van der Waals surface area (Å²) in [6.45, 7) is 1.91. The normalized spacial score (nSPS) is 22.1. The maximum atomic E-state index is 11.5. The van der Waals surface area contributed by atoms with E-state index in [1.54, 1.807) is 6.20 Å². The molecule has 0 aromatic carbocycles. The molecule has 1 unspecified atom stereocenters. The van der Waals surface area contributed by atoms with Gasteiger partial charge in [-0.15, -0.1) is 0 Å². The summed E-state index contributed by atoms with van der Waals surface area (Å²) < 4.78 is 23.8. The summed E-state index contributed by atoms with van der Waals surface area (Å²) in [7, 11) is -1.02. The average Bonchev–Trinajstić information content (AvgIpc) is 2.66. The summed E-state index contributed by atoms with van der Waals surface area (Å²) in [5, 5.41) is 0. The lowest BCUT2D eigenvalue weighted by atomic mass is 10.2. The Labute approximate surface area is 115 Å². The quantitative estimate of drug-likeness (QED) is 0.884. The van der Waals surface area contributed by atoms with Gasteiger partial charge in [-0.2, -0.15) is 0 Å². The van der Waals surface area contributed by atoms with E-state index in [1.807, 2.05) is 18.9 Å². The molecule has 2 N–H and O–H groups in total. The van der Waals surface area contributed by atoms with Crippen LogP contribution in [-0.4, -0.2) is 38.0 Å². The second kappa shape index (κ2) is 4.70. The topological polar surface area (TPSA) is 76.3 Å². The Hall–Kier alpha value is -0.820. The molecule has 0 radical (unpaired) electrons. The summed E-state index contributed by atoms with van der Waals surface area (Å²) in [6.07, 6.45) is 2.26. The molecule has 1 aromatic rings. The van der Waals surface area contributed by atoms with E-state index in [1.165, 1.54) is 0 Å². The highest BCUT2D eigenvalue weighted by Gasteiger charge is 2.32. The standard InChI is InChI=1S/C11H16BrN3O2S/c1-7-9(13)5-14-11(10(7)12)15(2)8-3-4-18(16,17)6-8/h5,8H,3-4,6,13H2,1-2H3. The molecule has 1 atom stereocenters. The van der Waals surface area contributed by atoms with Gasteiger partial charge in [0.05, 0.1) is 27.9 Å². The fourth-order valence-electron chi connectivity index (χ4n) is 2.08. The molecule has 1 fully saturated rings. The highest BCUT2D eigenvalue weighted by atomic mass is 79.9. The number of aromatic nitrogens is 1. The number of nitrogen functional groups attached to an aromatic ring is 1. The van der Waals surface area contributed by atoms with E-state index in [9.17, 15) is 8.42 Å². The van der Waals surface area contributed by atoms with E-state index in [2.05, 4.69) is 20.9 Å². The van der Waals surface area contributed by atoms with Gasteiger partial charge in [0.1, 0.15) is 5.82 Å². The van der Waals surface area contributed by atoms with Crippen molar-refractivity contribution in [2.75, 3.05) is 29.2 Å². The summed E-state index contributed by atoms with van der Waals surface area (Å²) >= 11 is 3.47. The van der Waals surface area contributed by atoms with Crippen LogP contribution in [0.25, 0.3) is 0 Å². The van der Waals surface area contributed by atoms with Gasteiger partial charge in [-0.25, -0.2) is 13.4 Å². The van der Waals surface area contributed by atoms with Crippen LogP contribution in [0.4, 0.5) is 11.5 Å². The zero-order valence-corrected chi connectivity index (χ0v) is 12.8. The van der Waals surface area contributed by atoms with E-state index in [0.717, 1.165) is 15.9 Å².